The first-order chi connectivity index (χ1) is 5.86. The molecule has 1 atom stereocenters. The Balaban J connectivity index is 2.58. The molecule has 1 aliphatic rings. The van der Waals surface area contributed by atoms with Gasteiger partial charge in [0, 0.05) is 5.57 Å². The van der Waals surface area contributed by atoms with Crippen molar-refractivity contribution in [2.24, 2.45) is 0 Å². The van der Waals surface area contributed by atoms with Gasteiger partial charge in [-0.2, -0.15) is 0 Å². The molecule has 1 heterocycles. The number of allylic oxidation sites excluding steroid dienone is 2. The van der Waals surface area contributed by atoms with Gasteiger partial charge in [0.2, 0.25) is 0 Å². The van der Waals surface area contributed by atoms with Gasteiger partial charge in [0.05, 0.1) is 6.26 Å². The van der Waals surface area contributed by atoms with Crippen molar-refractivity contribution in [3.8, 4) is 0 Å². The van der Waals surface area contributed by atoms with E-state index in [1.54, 1.807) is 6.26 Å². The highest BCUT2D eigenvalue weighted by atomic mass is 16.5. The first-order valence-electron chi connectivity index (χ1n) is 4.33. The molecular weight excluding hydrogens is 152 g/mol. The van der Waals surface area contributed by atoms with E-state index in [-0.39, 0.29) is 6.10 Å². The normalized spacial score (nSPS) is 30.4. The van der Waals surface area contributed by atoms with Crippen LogP contribution in [-0.4, -0.2) is 12.4 Å². The summed E-state index contributed by atoms with van der Waals surface area (Å²) in [6.45, 7) is 2.06. The van der Waals surface area contributed by atoms with Gasteiger partial charge in [-0.05, 0) is 25.3 Å². The van der Waals surface area contributed by atoms with E-state index in [9.17, 15) is 4.79 Å². The van der Waals surface area contributed by atoms with Crippen molar-refractivity contribution in [3.05, 3.63) is 24.0 Å². The quantitative estimate of drug-likeness (QED) is 0.464. The molecule has 66 valence electrons. The lowest BCUT2D eigenvalue weighted by Gasteiger charge is -2.12. The van der Waals surface area contributed by atoms with E-state index in [0.717, 1.165) is 31.1 Å². The van der Waals surface area contributed by atoms with Crippen molar-refractivity contribution in [1.82, 2.24) is 0 Å². The molecule has 0 bridgehead atoms. The molecule has 0 aromatic carbocycles. The highest BCUT2D eigenvalue weighted by molar-refractivity contribution is 5.72. The summed E-state index contributed by atoms with van der Waals surface area (Å²) in [5.74, 6) is 0. The molecule has 0 saturated heterocycles. The smallest absolute Gasteiger partial charge is 0.149 e. The summed E-state index contributed by atoms with van der Waals surface area (Å²) in [4.78, 5) is 10.4. The number of hydrogen-bond donors (Lipinski definition) is 0. The molecule has 0 amide bonds. The van der Waals surface area contributed by atoms with Gasteiger partial charge in [-0.15, -0.1) is 0 Å². The topological polar surface area (TPSA) is 26.3 Å². The van der Waals surface area contributed by atoms with Crippen molar-refractivity contribution in [2.45, 2.75) is 32.3 Å². The van der Waals surface area contributed by atoms with Crippen LogP contribution in [0.15, 0.2) is 24.0 Å². The highest BCUT2D eigenvalue weighted by Gasteiger charge is 2.04. The van der Waals surface area contributed by atoms with Gasteiger partial charge in [0.1, 0.15) is 12.4 Å². The maximum absolute atomic E-state index is 10.4. The van der Waals surface area contributed by atoms with Gasteiger partial charge in [0.15, 0.2) is 0 Å². The number of hydrogen-bond acceptors (Lipinski definition) is 2. The maximum atomic E-state index is 10.4. The van der Waals surface area contributed by atoms with E-state index in [1.807, 2.05) is 0 Å². The zero-order chi connectivity index (χ0) is 8.81. The Kier molecular flexibility index (Phi) is 3.58. The third kappa shape index (κ3) is 2.53. The molecule has 0 saturated carbocycles. The van der Waals surface area contributed by atoms with Crippen molar-refractivity contribution < 1.29 is 9.53 Å². The fourth-order valence-electron chi connectivity index (χ4n) is 1.10. The number of ether oxygens (including phenoxy) is 1. The van der Waals surface area contributed by atoms with E-state index in [4.69, 9.17) is 4.74 Å². The average molecular weight is 166 g/mol. The minimum atomic E-state index is 0.139. The second kappa shape index (κ2) is 4.75. The van der Waals surface area contributed by atoms with Crippen LogP contribution >= 0.6 is 0 Å². The Bertz CT molecular complexity index is 204. The van der Waals surface area contributed by atoms with Gasteiger partial charge in [0.25, 0.3) is 0 Å². The van der Waals surface area contributed by atoms with Crippen molar-refractivity contribution in [3.63, 3.8) is 0 Å². The van der Waals surface area contributed by atoms with Crippen molar-refractivity contribution in [1.29, 1.82) is 0 Å². The lowest BCUT2D eigenvalue weighted by atomic mass is 10.1. The summed E-state index contributed by atoms with van der Waals surface area (Å²) < 4.78 is 5.36. The molecule has 0 aromatic heterocycles. The molecular formula is C10H14O2. The molecule has 0 N–H and O–H groups in total. The fraction of sp³-hybridized carbons (Fsp3) is 0.500. The van der Waals surface area contributed by atoms with E-state index in [0.29, 0.717) is 0 Å². The van der Waals surface area contributed by atoms with Crippen LogP contribution in [0.3, 0.4) is 0 Å². The molecule has 1 aliphatic heterocycles. The van der Waals surface area contributed by atoms with Crippen molar-refractivity contribution >= 4 is 6.29 Å². The molecule has 0 aromatic rings. The molecule has 12 heavy (non-hydrogen) atoms. The molecule has 1 rings (SSSR count). The molecule has 0 spiro atoms. The van der Waals surface area contributed by atoms with Gasteiger partial charge in [-0.3, -0.25) is 4.79 Å². The second-order valence-electron chi connectivity index (χ2n) is 2.86. The SMILES string of the molecule is CC[C@@H]1/C=C\CC/C(C=O)=C\O1. The Hall–Kier alpha value is -1.05. The van der Waals surface area contributed by atoms with Crippen LogP contribution in [0.1, 0.15) is 26.2 Å². The van der Waals surface area contributed by atoms with Crippen LogP contribution in [0.25, 0.3) is 0 Å². The van der Waals surface area contributed by atoms with Gasteiger partial charge in [-0.25, -0.2) is 0 Å². The van der Waals surface area contributed by atoms with E-state index < -0.39 is 0 Å². The predicted octanol–water partition coefficient (Wildman–Crippen LogP) is 2.21. The van der Waals surface area contributed by atoms with E-state index in [2.05, 4.69) is 19.1 Å². The van der Waals surface area contributed by atoms with Crippen LogP contribution in [0.5, 0.6) is 0 Å². The summed E-state index contributed by atoms with van der Waals surface area (Å²) in [6, 6.07) is 0. The van der Waals surface area contributed by atoms with E-state index in [1.165, 1.54) is 0 Å². The number of aldehydes is 1. The fourth-order valence-corrected chi connectivity index (χ4v) is 1.10. The third-order valence-corrected chi connectivity index (χ3v) is 1.90. The lowest BCUT2D eigenvalue weighted by molar-refractivity contribution is -0.105. The maximum Gasteiger partial charge on any atom is 0.149 e. The number of rotatable bonds is 2. The highest BCUT2D eigenvalue weighted by Crippen LogP contribution is 2.11. The Morgan fingerprint density at radius 1 is 1.75 bits per heavy atom. The Labute approximate surface area is 72.9 Å². The predicted molar refractivity (Wildman–Crippen MR) is 47.7 cm³/mol. The largest absolute Gasteiger partial charge is 0.494 e. The summed E-state index contributed by atoms with van der Waals surface area (Å²) in [7, 11) is 0. The monoisotopic (exact) mass is 166 g/mol. The zero-order valence-corrected chi connectivity index (χ0v) is 7.32. The molecule has 2 heteroatoms. The van der Waals surface area contributed by atoms with Crippen LogP contribution in [0.4, 0.5) is 0 Å². The van der Waals surface area contributed by atoms with Gasteiger partial charge < -0.3 is 4.74 Å². The average Bonchev–Trinajstić information content (AvgIpc) is 2.05. The van der Waals surface area contributed by atoms with Crippen molar-refractivity contribution in [2.75, 3.05) is 0 Å². The van der Waals surface area contributed by atoms with Gasteiger partial charge in [-0.1, -0.05) is 13.0 Å². The minimum absolute atomic E-state index is 0.139. The molecule has 0 radical (unpaired) electrons. The summed E-state index contributed by atoms with van der Waals surface area (Å²) in [5, 5.41) is 0. The summed E-state index contributed by atoms with van der Waals surface area (Å²) >= 11 is 0. The Morgan fingerprint density at radius 2 is 2.58 bits per heavy atom. The molecule has 0 unspecified atom stereocenters. The standard InChI is InChI=1S/C10H14O2/c1-2-10-6-4-3-5-9(7-11)8-12-10/h4,6-8,10H,2-3,5H2,1H3/b6-4-,9-8+/t10-/m1/s1. The van der Waals surface area contributed by atoms with Crippen LogP contribution in [0.2, 0.25) is 0 Å². The first kappa shape index (κ1) is 9.04. The summed E-state index contributed by atoms with van der Waals surface area (Å²) in [6.07, 6.45) is 9.39. The first-order valence-corrected chi connectivity index (χ1v) is 4.33. The lowest BCUT2D eigenvalue weighted by Crippen LogP contribution is -2.06. The second-order valence-corrected chi connectivity index (χ2v) is 2.86. The molecule has 0 aliphatic carbocycles. The Morgan fingerprint density at radius 3 is 3.25 bits per heavy atom. The summed E-state index contributed by atoms with van der Waals surface area (Å²) in [5.41, 5.74) is 0.748. The van der Waals surface area contributed by atoms with Crippen LogP contribution in [0, 0.1) is 0 Å². The third-order valence-electron chi connectivity index (χ3n) is 1.90. The van der Waals surface area contributed by atoms with Crippen LogP contribution < -0.4 is 0 Å². The van der Waals surface area contributed by atoms with Crippen LogP contribution in [-0.2, 0) is 9.53 Å². The van der Waals surface area contributed by atoms with E-state index >= 15 is 0 Å². The number of carbonyl (C=O) groups is 1. The van der Waals surface area contributed by atoms with Gasteiger partial charge >= 0.3 is 0 Å². The zero-order valence-electron chi connectivity index (χ0n) is 7.32. The minimum Gasteiger partial charge on any atom is -0.494 e. The number of carbonyl (C=O) groups excluding carboxylic acids is 1. The molecule has 2 nitrogen and oxygen atoms in total. The molecule has 0 fully saturated rings.